The molecule has 6 heteroatoms. The molecule has 0 radical (unpaired) electrons. The number of H-pyrrole nitrogens is 2. The highest BCUT2D eigenvalue weighted by Crippen LogP contribution is 2.33. The second kappa shape index (κ2) is 7.84. The average molecular weight is 404 g/mol. The molecule has 0 aliphatic rings. The highest BCUT2D eigenvalue weighted by molar-refractivity contribution is 6.00. The Morgan fingerprint density at radius 2 is 1.87 bits per heavy atom. The van der Waals surface area contributed by atoms with Crippen molar-refractivity contribution in [2.45, 2.75) is 6.92 Å². The Hall–Kier alpha value is -4.32. The van der Waals surface area contributed by atoms with Crippen LogP contribution in [0.3, 0.4) is 0 Å². The number of allylic oxidation sites excluding steroid dienone is 5. The van der Waals surface area contributed by atoms with Crippen molar-refractivity contribution in [3.05, 3.63) is 91.8 Å². The van der Waals surface area contributed by atoms with E-state index < -0.39 is 0 Å². The molecule has 0 spiro atoms. The first kappa shape index (κ1) is 18.7. The fourth-order valence-electron chi connectivity index (χ4n) is 3.72. The van der Waals surface area contributed by atoms with Crippen LogP contribution in [0.5, 0.6) is 0 Å². The van der Waals surface area contributed by atoms with Gasteiger partial charge in [-0.3, -0.25) is 20.1 Å². The first-order valence-corrected chi connectivity index (χ1v) is 9.96. The van der Waals surface area contributed by atoms with E-state index in [9.17, 15) is 0 Å². The number of hydrogen-bond acceptors (Lipinski definition) is 4. The molecule has 5 rings (SSSR count). The van der Waals surface area contributed by atoms with E-state index in [4.69, 9.17) is 0 Å². The molecule has 5 heterocycles. The maximum atomic E-state index is 4.58. The van der Waals surface area contributed by atoms with E-state index in [0.717, 1.165) is 55.6 Å². The standard InChI is InChI=1S/C25H20N6/c1-3-5-6-16(4-2)21-12-19-24(15-28-21)30-31-25(19)22-11-18-20(13-27-14-23(18)29-22)17-7-9-26-10-8-17/h3-15,29H,1H2,2H3,(H,30,31)/b6-5-,16-4+. The number of pyridine rings is 3. The van der Waals surface area contributed by atoms with Crippen LogP contribution < -0.4 is 0 Å². The molecule has 0 atom stereocenters. The second-order valence-electron chi connectivity index (χ2n) is 7.09. The Morgan fingerprint density at radius 1 is 1.00 bits per heavy atom. The summed E-state index contributed by atoms with van der Waals surface area (Å²) in [5.41, 5.74) is 7.63. The number of aromatic nitrogens is 6. The number of aromatic amines is 2. The molecular formula is C25H20N6. The van der Waals surface area contributed by atoms with Crippen molar-refractivity contribution in [1.29, 1.82) is 0 Å². The Bertz CT molecular complexity index is 1450. The lowest BCUT2D eigenvalue weighted by atomic mass is 10.0. The molecule has 5 aromatic rings. The number of nitrogens with zero attached hydrogens (tertiary/aromatic N) is 4. The lowest BCUT2D eigenvalue weighted by molar-refractivity contribution is 1.11. The van der Waals surface area contributed by atoms with E-state index in [-0.39, 0.29) is 0 Å². The first-order valence-electron chi connectivity index (χ1n) is 9.96. The number of rotatable bonds is 5. The quantitative estimate of drug-likeness (QED) is 0.368. The van der Waals surface area contributed by atoms with Crippen LogP contribution in [0.15, 0.2) is 86.1 Å². The number of hydrogen-bond donors (Lipinski definition) is 2. The molecule has 0 unspecified atom stereocenters. The molecule has 5 aromatic heterocycles. The topological polar surface area (TPSA) is 83.1 Å². The van der Waals surface area contributed by atoms with Gasteiger partial charge in [-0.25, -0.2) is 0 Å². The second-order valence-corrected chi connectivity index (χ2v) is 7.09. The van der Waals surface area contributed by atoms with Gasteiger partial charge in [0.15, 0.2) is 0 Å². The van der Waals surface area contributed by atoms with Crippen molar-refractivity contribution in [2.75, 3.05) is 0 Å². The fourth-order valence-corrected chi connectivity index (χ4v) is 3.72. The smallest absolute Gasteiger partial charge is 0.116 e. The van der Waals surface area contributed by atoms with Gasteiger partial charge in [0, 0.05) is 34.9 Å². The summed E-state index contributed by atoms with van der Waals surface area (Å²) in [6, 6.07) is 8.15. The van der Waals surface area contributed by atoms with E-state index in [2.05, 4.69) is 48.8 Å². The minimum Gasteiger partial charge on any atom is -0.352 e. The number of fused-ring (bicyclic) bond motifs is 2. The van der Waals surface area contributed by atoms with Gasteiger partial charge >= 0.3 is 0 Å². The summed E-state index contributed by atoms with van der Waals surface area (Å²) in [7, 11) is 0. The molecule has 0 aliphatic heterocycles. The maximum absolute atomic E-state index is 4.58. The third-order valence-electron chi connectivity index (χ3n) is 5.26. The molecule has 2 N–H and O–H groups in total. The minimum absolute atomic E-state index is 0.846. The lowest BCUT2D eigenvalue weighted by Crippen LogP contribution is -1.87. The van der Waals surface area contributed by atoms with Crippen molar-refractivity contribution in [1.82, 2.24) is 30.1 Å². The predicted octanol–water partition coefficient (Wildman–Crippen LogP) is 5.71. The highest BCUT2D eigenvalue weighted by atomic mass is 15.1. The molecule has 0 fully saturated rings. The Kier molecular flexibility index (Phi) is 4.72. The van der Waals surface area contributed by atoms with Gasteiger partial charge in [-0.1, -0.05) is 30.9 Å². The predicted molar refractivity (Wildman–Crippen MR) is 125 cm³/mol. The molecule has 0 aliphatic carbocycles. The van der Waals surface area contributed by atoms with Crippen LogP contribution in [-0.4, -0.2) is 30.1 Å². The van der Waals surface area contributed by atoms with Gasteiger partial charge in [0.1, 0.15) is 5.69 Å². The van der Waals surface area contributed by atoms with Gasteiger partial charge in [0.25, 0.3) is 0 Å². The first-order chi connectivity index (χ1) is 15.3. The fraction of sp³-hybridized carbons (Fsp3) is 0.0400. The largest absolute Gasteiger partial charge is 0.352 e. The SMILES string of the molecule is C=C/C=C\C(=C/C)c1cc2c(-c3cc4c(-c5ccncc5)cncc4[nH]3)n[nH]c2cn1. The summed E-state index contributed by atoms with van der Waals surface area (Å²) in [4.78, 5) is 16.6. The summed E-state index contributed by atoms with van der Waals surface area (Å²) < 4.78 is 0. The molecule has 0 amide bonds. The summed E-state index contributed by atoms with van der Waals surface area (Å²) in [5.74, 6) is 0. The van der Waals surface area contributed by atoms with Gasteiger partial charge in [-0.2, -0.15) is 5.10 Å². The van der Waals surface area contributed by atoms with Crippen LogP contribution in [0.1, 0.15) is 12.6 Å². The summed E-state index contributed by atoms with van der Waals surface area (Å²) in [6.07, 6.45) is 16.8. The van der Waals surface area contributed by atoms with Crippen molar-refractivity contribution in [3.8, 4) is 22.5 Å². The summed E-state index contributed by atoms with van der Waals surface area (Å²) >= 11 is 0. The summed E-state index contributed by atoms with van der Waals surface area (Å²) in [6.45, 7) is 5.74. The molecule has 150 valence electrons. The monoisotopic (exact) mass is 404 g/mol. The average Bonchev–Trinajstić information content (AvgIpc) is 3.43. The molecule has 0 aromatic carbocycles. The van der Waals surface area contributed by atoms with Crippen LogP contribution in [0.25, 0.3) is 49.9 Å². The molecule has 6 nitrogen and oxygen atoms in total. The maximum Gasteiger partial charge on any atom is 0.116 e. The Labute approximate surface area is 179 Å². The van der Waals surface area contributed by atoms with Gasteiger partial charge < -0.3 is 4.98 Å². The van der Waals surface area contributed by atoms with Crippen LogP contribution in [0, 0.1) is 0 Å². The van der Waals surface area contributed by atoms with E-state index in [1.807, 2.05) is 55.9 Å². The normalized spacial score (nSPS) is 12.2. The van der Waals surface area contributed by atoms with Crippen LogP contribution in [0.4, 0.5) is 0 Å². The van der Waals surface area contributed by atoms with Gasteiger partial charge in [-0.05, 0) is 42.3 Å². The molecule has 31 heavy (non-hydrogen) atoms. The van der Waals surface area contributed by atoms with Gasteiger partial charge in [0.05, 0.1) is 34.8 Å². The Balaban J connectivity index is 1.65. The zero-order valence-electron chi connectivity index (χ0n) is 17.0. The van der Waals surface area contributed by atoms with Crippen molar-refractivity contribution in [3.63, 3.8) is 0 Å². The molecule has 0 bridgehead atoms. The van der Waals surface area contributed by atoms with Gasteiger partial charge in [-0.15, -0.1) is 0 Å². The van der Waals surface area contributed by atoms with Crippen molar-refractivity contribution >= 4 is 27.4 Å². The minimum atomic E-state index is 0.846. The van der Waals surface area contributed by atoms with E-state index in [1.165, 1.54) is 0 Å². The van der Waals surface area contributed by atoms with Crippen LogP contribution in [0.2, 0.25) is 0 Å². The van der Waals surface area contributed by atoms with E-state index >= 15 is 0 Å². The third-order valence-corrected chi connectivity index (χ3v) is 5.26. The van der Waals surface area contributed by atoms with Crippen molar-refractivity contribution in [2.24, 2.45) is 0 Å². The zero-order valence-corrected chi connectivity index (χ0v) is 17.0. The Morgan fingerprint density at radius 3 is 2.68 bits per heavy atom. The molecule has 0 saturated carbocycles. The van der Waals surface area contributed by atoms with Crippen molar-refractivity contribution < 1.29 is 0 Å². The lowest BCUT2D eigenvalue weighted by Gasteiger charge is -2.02. The summed E-state index contributed by atoms with van der Waals surface area (Å²) in [5, 5.41) is 9.75. The van der Waals surface area contributed by atoms with Crippen LogP contribution >= 0.6 is 0 Å². The van der Waals surface area contributed by atoms with E-state index in [1.54, 1.807) is 18.5 Å². The molecular weight excluding hydrogens is 384 g/mol. The molecule has 0 saturated heterocycles. The number of nitrogens with one attached hydrogen (secondary N) is 2. The zero-order chi connectivity index (χ0) is 21.2. The highest BCUT2D eigenvalue weighted by Gasteiger charge is 2.15. The van der Waals surface area contributed by atoms with Gasteiger partial charge in [0.2, 0.25) is 0 Å². The van der Waals surface area contributed by atoms with E-state index in [0.29, 0.717) is 0 Å². The van der Waals surface area contributed by atoms with Crippen LogP contribution in [-0.2, 0) is 0 Å². The third kappa shape index (κ3) is 3.34.